The Morgan fingerprint density at radius 1 is 1.32 bits per heavy atom. The van der Waals surface area contributed by atoms with Crippen molar-refractivity contribution in [1.29, 1.82) is 0 Å². The van der Waals surface area contributed by atoms with Crippen molar-refractivity contribution in [2.24, 2.45) is 0 Å². The maximum atomic E-state index is 14.9. The number of alkyl halides is 2. The van der Waals surface area contributed by atoms with E-state index in [0.29, 0.717) is 43.7 Å². The van der Waals surface area contributed by atoms with Gasteiger partial charge in [-0.2, -0.15) is 19.5 Å². The number of nitrogen functional groups attached to an aromatic ring is 1. The number of nitrogens with zero attached hydrogens (tertiary/aromatic N) is 6. The Morgan fingerprint density at radius 2 is 2.21 bits per heavy atom. The monoisotopic (exact) mass is 490 g/mol. The minimum atomic E-state index is -0.863. The van der Waals surface area contributed by atoms with Crippen molar-refractivity contribution in [2.45, 2.75) is 49.4 Å². The first kappa shape index (κ1) is 21.9. The molecule has 34 heavy (non-hydrogen) atoms. The minimum Gasteiger partial charge on any atom is -0.461 e. The van der Waals surface area contributed by atoms with Crippen molar-refractivity contribution in [3.63, 3.8) is 0 Å². The zero-order valence-electron chi connectivity index (χ0n) is 18.5. The number of halogens is 3. The average molecular weight is 491 g/mol. The number of aromatic nitrogens is 5. The normalized spacial score (nSPS) is 27.0. The summed E-state index contributed by atoms with van der Waals surface area (Å²) in [5.41, 5.74) is 7.83. The van der Waals surface area contributed by atoms with Crippen LogP contribution in [0.25, 0.3) is 22.2 Å². The van der Waals surface area contributed by atoms with Crippen LogP contribution in [-0.2, 0) is 13.1 Å². The van der Waals surface area contributed by atoms with E-state index in [9.17, 15) is 8.78 Å². The predicted molar refractivity (Wildman–Crippen MR) is 123 cm³/mol. The second-order valence-corrected chi connectivity index (χ2v) is 9.95. The van der Waals surface area contributed by atoms with Gasteiger partial charge < -0.3 is 15.8 Å². The van der Waals surface area contributed by atoms with E-state index < -0.39 is 12.1 Å². The molecule has 0 spiro atoms. The lowest BCUT2D eigenvalue weighted by Gasteiger charge is -2.30. The third kappa shape index (κ3) is 3.57. The molecular formula is C22H25ClF2N8O. The van der Waals surface area contributed by atoms with Crippen molar-refractivity contribution in [1.82, 2.24) is 34.9 Å². The van der Waals surface area contributed by atoms with Crippen LogP contribution in [0.5, 0.6) is 6.01 Å². The molecule has 0 bridgehead atoms. The maximum Gasteiger partial charge on any atom is 0.317 e. The minimum absolute atomic E-state index is 0.0905. The van der Waals surface area contributed by atoms with Gasteiger partial charge in [-0.15, -0.1) is 11.6 Å². The summed E-state index contributed by atoms with van der Waals surface area (Å²) in [4.78, 5) is 15.0. The van der Waals surface area contributed by atoms with E-state index in [1.54, 1.807) is 10.7 Å². The summed E-state index contributed by atoms with van der Waals surface area (Å²) in [5, 5.41) is 7.70. The molecule has 3 atom stereocenters. The molecule has 0 amide bonds. The number of ether oxygens (including phenoxy) is 1. The zero-order chi connectivity index (χ0) is 23.4. The molecule has 2 fully saturated rings. The van der Waals surface area contributed by atoms with Gasteiger partial charge in [0, 0.05) is 32.3 Å². The highest BCUT2D eigenvalue weighted by molar-refractivity contribution is 6.20. The highest BCUT2D eigenvalue weighted by atomic mass is 35.5. The van der Waals surface area contributed by atoms with E-state index in [2.05, 4.69) is 30.3 Å². The summed E-state index contributed by atoms with van der Waals surface area (Å²) >= 11 is 6.35. The van der Waals surface area contributed by atoms with Crippen molar-refractivity contribution in [2.75, 3.05) is 32.0 Å². The zero-order valence-corrected chi connectivity index (χ0v) is 19.2. The molecule has 9 nitrogen and oxygen atoms in total. The number of pyridine rings is 1. The predicted octanol–water partition coefficient (Wildman–Crippen LogP) is 2.28. The van der Waals surface area contributed by atoms with E-state index in [4.69, 9.17) is 22.1 Å². The molecule has 0 radical (unpaired) electrons. The lowest BCUT2D eigenvalue weighted by atomic mass is 9.95. The highest BCUT2D eigenvalue weighted by Crippen LogP contribution is 2.41. The number of nitrogens with one attached hydrogen (secondary N) is 1. The molecule has 2 saturated heterocycles. The smallest absolute Gasteiger partial charge is 0.317 e. The Bertz CT molecular complexity index is 1260. The van der Waals surface area contributed by atoms with Crippen molar-refractivity contribution in [3.05, 3.63) is 23.9 Å². The van der Waals surface area contributed by atoms with Crippen molar-refractivity contribution >= 4 is 28.3 Å². The molecular weight excluding hydrogens is 466 g/mol. The lowest BCUT2D eigenvalue weighted by molar-refractivity contribution is 0.107. The van der Waals surface area contributed by atoms with E-state index >= 15 is 0 Å². The molecule has 0 aliphatic carbocycles. The first-order valence-corrected chi connectivity index (χ1v) is 11.9. The van der Waals surface area contributed by atoms with Crippen LogP contribution in [0.1, 0.15) is 25.0 Å². The summed E-state index contributed by atoms with van der Waals surface area (Å²) < 4.78 is 36.9. The molecule has 3 aliphatic rings. The van der Waals surface area contributed by atoms with Crippen LogP contribution in [0.15, 0.2) is 12.3 Å². The number of fused-ring (bicyclic) bond motifs is 3. The van der Waals surface area contributed by atoms with Crippen LogP contribution in [0.2, 0.25) is 0 Å². The number of nitrogens with two attached hydrogens (primary N) is 1. The summed E-state index contributed by atoms with van der Waals surface area (Å²) in [6.07, 6.45) is 2.78. The number of rotatable bonds is 4. The molecule has 0 saturated carbocycles. The Kier molecular flexibility index (Phi) is 5.30. The maximum absolute atomic E-state index is 14.9. The molecule has 3 N–H and O–H groups in total. The first-order chi connectivity index (χ1) is 16.4. The van der Waals surface area contributed by atoms with Gasteiger partial charge in [0.25, 0.3) is 0 Å². The molecule has 3 aromatic rings. The molecule has 6 rings (SSSR count). The fraction of sp³-hybridized carbons (Fsp3) is 0.545. The van der Waals surface area contributed by atoms with Gasteiger partial charge in [-0.3, -0.25) is 9.58 Å². The van der Waals surface area contributed by atoms with Crippen LogP contribution in [0, 0.1) is 5.95 Å². The summed E-state index contributed by atoms with van der Waals surface area (Å²) in [6, 6.07) is 1.70. The van der Waals surface area contributed by atoms with Gasteiger partial charge in [-0.05, 0) is 25.5 Å². The van der Waals surface area contributed by atoms with Crippen molar-refractivity contribution in [3.8, 4) is 17.3 Å². The topological polar surface area (TPSA) is 107 Å². The molecule has 180 valence electrons. The molecule has 0 aromatic carbocycles. The van der Waals surface area contributed by atoms with Gasteiger partial charge in [-0.1, -0.05) is 0 Å². The van der Waals surface area contributed by atoms with Crippen LogP contribution >= 0.6 is 11.6 Å². The Balaban J connectivity index is 1.43. The molecule has 3 aliphatic heterocycles. The largest absolute Gasteiger partial charge is 0.461 e. The average Bonchev–Trinajstić information content (AvgIpc) is 3.37. The Labute approximate surface area is 199 Å². The first-order valence-electron chi connectivity index (χ1n) is 11.5. The van der Waals surface area contributed by atoms with Crippen molar-refractivity contribution < 1.29 is 13.5 Å². The van der Waals surface area contributed by atoms with Crippen LogP contribution in [0.4, 0.5) is 14.6 Å². The number of hydrogen-bond donors (Lipinski definition) is 2. The van der Waals surface area contributed by atoms with Gasteiger partial charge in [0.2, 0.25) is 5.95 Å². The molecule has 12 heteroatoms. The molecule has 6 heterocycles. The fourth-order valence-electron chi connectivity index (χ4n) is 5.62. The molecule has 1 unspecified atom stereocenters. The lowest BCUT2D eigenvalue weighted by Crippen LogP contribution is -2.43. The second kappa shape index (κ2) is 8.24. The van der Waals surface area contributed by atoms with Crippen LogP contribution < -0.4 is 15.8 Å². The standard InChI is InChI=1S/C22H25ClF2N8O/c23-12-7-27-8-15-17(20(26)31-33(15)9-12)18-16-14(2-4-28-19(16)25)29-21(30-18)34-11-22-3-1-5-32(22)10-13(24)6-22/h2,4,12-13,27H,1,3,5-11H2,(H2,26,31)/t12?,13-,22+/m1/s1. The number of anilines is 1. The Morgan fingerprint density at radius 3 is 3.09 bits per heavy atom. The van der Waals surface area contributed by atoms with Crippen LogP contribution in [0.3, 0.4) is 0 Å². The summed E-state index contributed by atoms with van der Waals surface area (Å²) in [6.45, 7) is 3.07. The Hall–Kier alpha value is -2.63. The highest BCUT2D eigenvalue weighted by Gasteiger charge is 2.49. The molecule has 3 aromatic heterocycles. The van der Waals surface area contributed by atoms with E-state index in [-0.39, 0.29) is 40.4 Å². The SMILES string of the molecule is Nc1nn2c(c1-c1nc(OC[C@@]34CCCN3C[C@H](F)C4)nc3ccnc(F)c13)CNCC(Cl)C2. The summed E-state index contributed by atoms with van der Waals surface area (Å²) in [5.74, 6) is -0.486. The van der Waals surface area contributed by atoms with Gasteiger partial charge in [-0.25, -0.2) is 9.37 Å². The van der Waals surface area contributed by atoms with Crippen LogP contribution in [-0.4, -0.2) is 73.0 Å². The van der Waals surface area contributed by atoms with E-state index in [1.165, 1.54) is 6.20 Å². The van der Waals surface area contributed by atoms with Gasteiger partial charge in [0.15, 0.2) is 5.82 Å². The van der Waals surface area contributed by atoms with Gasteiger partial charge in [0.1, 0.15) is 12.8 Å². The summed E-state index contributed by atoms with van der Waals surface area (Å²) in [7, 11) is 0. The third-order valence-corrected chi connectivity index (χ3v) is 7.42. The quantitative estimate of drug-likeness (QED) is 0.424. The van der Waals surface area contributed by atoms with E-state index in [1.807, 2.05) is 0 Å². The third-order valence-electron chi connectivity index (χ3n) is 7.12. The van der Waals surface area contributed by atoms with Gasteiger partial charge >= 0.3 is 6.01 Å². The van der Waals surface area contributed by atoms with E-state index in [0.717, 1.165) is 25.1 Å². The fourth-order valence-corrected chi connectivity index (χ4v) is 5.86. The number of hydrogen-bond acceptors (Lipinski definition) is 8. The second-order valence-electron chi connectivity index (χ2n) is 9.33. The van der Waals surface area contributed by atoms with Gasteiger partial charge in [0.05, 0.1) is 45.3 Å².